The van der Waals surface area contributed by atoms with Crippen molar-refractivity contribution in [2.45, 2.75) is 30.9 Å². The Hall–Kier alpha value is 1.29. The van der Waals surface area contributed by atoms with Gasteiger partial charge in [-0.05, 0) is 12.1 Å². The van der Waals surface area contributed by atoms with Gasteiger partial charge in [0.25, 0.3) is 0 Å². The summed E-state index contributed by atoms with van der Waals surface area (Å²) in [6, 6.07) is 5.72. The maximum atomic E-state index is 11.5. The quantitative estimate of drug-likeness (QED) is 0.273. The summed E-state index contributed by atoms with van der Waals surface area (Å²) in [6.45, 7) is -0.0133. The molecular formula is C13H21Cl5N2O3SSb-. The van der Waals surface area contributed by atoms with Gasteiger partial charge in [0.05, 0.1) is 11.9 Å². The smallest absolute Gasteiger partial charge is 1.00 e. The molecule has 25 heavy (non-hydrogen) atoms. The largest absolute Gasteiger partial charge is 5.00 e. The van der Waals surface area contributed by atoms with Gasteiger partial charge in [-0.2, -0.15) is 12.8 Å². The first-order valence-corrected chi connectivity index (χ1v) is 7.97. The van der Waals surface area contributed by atoms with Crippen molar-refractivity contribution in [3.63, 3.8) is 0 Å². The molecular weight excluding hydrogens is 563 g/mol. The van der Waals surface area contributed by atoms with Crippen LogP contribution in [0.1, 0.15) is 25.7 Å². The molecule has 148 valence electrons. The molecule has 0 amide bonds. The van der Waals surface area contributed by atoms with Crippen LogP contribution in [0.2, 0.25) is 0 Å². The number of nitrogens with zero attached hydrogens (tertiary/aromatic N) is 1. The Morgan fingerprint density at radius 2 is 1.48 bits per heavy atom. The molecule has 0 bridgehead atoms. The summed E-state index contributed by atoms with van der Waals surface area (Å²) in [4.78, 5) is 3.78. The Morgan fingerprint density at radius 1 is 1.00 bits per heavy atom. The van der Waals surface area contributed by atoms with Crippen molar-refractivity contribution in [3.05, 3.63) is 37.0 Å². The molecule has 0 atom stereocenters. The molecule has 0 unspecified atom stereocenters. The topological polar surface area (TPSA) is 79.3 Å². The molecule has 12 heteroatoms. The average Bonchev–Trinajstić information content (AvgIpc) is 2.49. The van der Waals surface area contributed by atoms with Crippen LogP contribution in [0.5, 0.6) is 0 Å². The van der Waals surface area contributed by atoms with Crippen LogP contribution >= 0.6 is 0 Å². The van der Waals surface area contributed by atoms with E-state index in [1.807, 2.05) is 18.2 Å². The molecule has 0 saturated heterocycles. The van der Waals surface area contributed by atoms with Gasteiger partial charge in [-0.3, -0.25) is 4.98 Å². The van der Waals surface area contributed by atoms with Crippen molar-refractivity contribution in [2.24, 2.45) is 0 Å². The zero-order chi connectivity index (χ0) is 14.0. The van der Waals surface area contributed by atoms with Crippen LogP contribution in [0.25, 0.3) is 0 Å². The number of hydrogen-bond acceptors (Lipinski definition) is 4. The molecule has 1 saturated carbocycles. The van der Waals surface area contributed by atoms with Crippen LogP contribution in [0.4, 0.5) is 0 Å². The fraction of sp³-hybridized carbons (Fsp3) is 0.538. The fourth-order valence-corrected chi connectivity index (χ4v) is 3.33. The summed E-state index contributed by atoms with van der Waals surface area (Å²) < 4.78 is 25.4. The van der Waals surface area contributed by atoms with E-state index in [1.54, 1.807) is 12.4 Å². The molecule has 1 heterocycles. The van der Waals surface area contributed by atoms with Gasteiger partial charge in [-0.15, -0.1) is 0 Å². The predicted molar refractivity (Wildman–Crippen MR) is 80.6 cm³/mol. The van der Waals surface area contributed by atoms with Crippen molar-refractivity contribution in [1.82, 2.24) is 9.71 Å². The molecule has 1 aliphatic rings. The van der Waals surface area contributed by atoms with E-state index in [9.17, 15) is 8.42 Å². The molecule has 1 aliphatic carbocycles. The monoisotopic (exact) mass is 581 g/mol. The first-order valence-electron chi connectivity index (χ1n) is 6.43. The number of sulfonamides is 1. The van der Waals surface area contributed by atoms with Crippen LogP contribution < -0.4 is 66.8 Å². The molecule has 2 N–H and O–H groups in total. The molecule has 0 spiro atoms. The Morgan fingerprint density at radius 3 is 1.80 bits per heavy atom. The number of nitrogens with one attached hydrogen (secondary N) is 1. The van der Waals surface area contributed by atoms with E-state index >= 15 is 0 Å². The van der Waals surface area contributed by atoms with E-state index in [0.717, 1.165) is 12.8 Å². The van der Waals surface area contributed by atoms with Crippen molar-refractivity contribution in [2.75, 3.05) is 13.2 Å². The van der Waals surface area contributed by atoms with E-state index in [0.29, 0.717) is 12.8 Å². The van der Waals surface area contributed by atoms with Crippen LogP contribution in [0.3, 0.4) is 0 Å². The summed E-state index contributed by atoms with van der Waals surface area (Å²) in [5.74, 6) is 0. The third-order valence-corrected chi connectivity index (χ3v) is 4.76. The van der Waals surface area contributed by atoms with Gasteiger partial charge in [0.15, 0.2) is 0 Å². The minimum Gasteiger partial charge on any atom is -1.00 e. The predicted octanol–water partition coefficient (Wildman–Crippen LogP) is -14.2. The Balaban J connectivity index is -0.0000000665. The SMILES string of the molecule is O=S(=O)(NCCO)C1CC[CH-]CC1.[Cl-].[Cl-].[Cl-].[Cl-].[Cl-].[Sb+5].c1ccncc1. The molecule has 2 rings (SSSR count). The van der Waals surface area contributed by atoms with E-state index < -0.39 is 10.0 Å². The summed E-state index contributed by atoms with van der Waals surface area (Å²) in [7, 11) is -3.18. The Kier molecular flexibility index (Phi) is 41.3. The molecule has 0 aliphatic heterocycles. The summed E-state index contributed by atoms with van der Waals surface area (Å²) in [5.41, 5.74) is 0. The van der Waals surface area contributed by atoms with Crippen LogP contribution in [-0.4, -0.2) is 61.3 Å². The van der Waals surface area contributed by atoms with E-state index in [2.05, 4.69) is 16.1 Å². The third kappa shape index (κ3) is 19.8. The van der Waals surface area contributed by atoms with E-state index in [1.165, 1.54) is 0 Å². The molecule has 0 radical (unpaired) electrons. The standard InChI is InChI=1S/C8H16NO3S.C5H5N.5ClH.Sb/c10-7-6-9-13(11,12)8-4-2-1-3-5-8;1-2-4-6-5-3-1;;;;;;/h1,8-10H,2-7H2;1-5H;5*1H;/q-1;;;;;;;+5/p-5. The van der Waals surface area contributed by atoms with E-state index in [-0.39, 0.29) is 105 Å². The molecule has 1 fully saturated rings. The van der Waals surface area contributed by atoms with E-state index in [4.69, 9.17) is 5.11 Å². The Labute approximate surface area is 199 Å². The fourth-order valence-electron chi connectivity index (χ4n) is 1.82. The van der Waals surface area contributed by atoms with Crippen molar-refractivity contribution in [1.29, 1.82) is 0 Å². The van der Waals surface area contributed by atoms with Crippen LogP contribution in [-0.2, 0) is 10.0 Å². The second-order valence-corrected chi connectivity index (χ2v) is 6.30. The maximum absolute atomic E-state index is 11.5. The van der Waals surface area contributed by atoms with Gasteiger partial charge in [0, 0.05) is 18.9 Å². The number of rotatable bonds is 4. The van der Waals surface area contributed by atoms with Crippen molar-refractivity contribution >= 4 is 34.5 Å². The summed E-state index contributed by atoms with van der Waals surface area (Å²) in [5, 5.41) is 8.23. The number of aromatic nitrogens is 1. The minimum atomic E-state index is -3.18. The summed E-state index contributed by atoms with van der Waals surface area (Å²) in [6.07, 6.45) is 8.80. The number of aliphatic hydroxyl groups is 1. The van der Waals surface area contributed by atoms with Gasteiger partial charge in [0.2, 0.25) is 10.0 Å². The van der Waals surface area contributed by atoms with Crippen molar-refractivity contribution < 1.29 is 75.6 Å². The van der Waals surface area contributed by atoms with Gasteiger partial charge in [-0.25, -0.2) is 13.1 Å². The zero-order valence-corrected chi connectivity index (χ0v) is 20.4. The normalized spacial score (nSPS) is 12.5. The third-order valence-electron chi connectivity index (χ3n) is 2.81. The average molecular weight is 584 g/mol. The van der Waals surface area contributed by atoms with Gasteiger partial charge < -0.3 is 73.6 Å². The van der Waals surface area contributed by atoms with Crippen LogP contribution in [0, 0.1) is 6.42 Å². The second kappa shape index (κ2) is 25.3. The molecule has 1 aromatic rings. The second-order valence-electron chi connectivity index (χ2n) is 4.25. The molecule has 5 nitrogen and oxygen atoms in total. The number of halogens is 5. The van der Waals surface area contributed by atoms with Crippen LogP contribution in [0.15, 0.2) is 30.6 Å². The van der Waals surface area contributed by atoms with Gasteiger partial charge in [0.1, 0.15) is 0 Å². The summed E-state index contributed by atoms with van der Waals surface area (Å²) >= 11 is 0. The number of pyridine rings is 1. The maximum Gasteiger partial charge on any atom is 5.00 e. The van der Waals surface area contributed by atoms with Gasteiger partial charge in [-0.1, -0.05) is 18.9 Å². The number of aliphatic hydroxyl groups excluding tert-OH is 1. The molecule has 0 aromatic carbocycles. The molecule has 1 aromatic heterocycles. The number of hydrogen-bond donors (Lipinski definition) is 2. The Bertz CT molecular complexity index is 414. The first kappa shape index (κ1) is 40.8. The van der Waals surface area contributed by atoms with Crippen molar-refractivity contribution in [3.8, 4) is 0 Å². The van der Waals surface area contributed by atoms with Gasteiger partial charge >= 0.3 is 24.4 Å². The minimum absolute atomic E-state index is 0. The first-order chi connectivity index (χ1) is 9.17. The zero-order valence-electron chi connectivity index (χ0n) is 13.2.